The molecule has 4 nitrogen and oxygen atoms in total. The van der Waals surface area contributed by atoms with Gasteiger partial charge in [0.2, 0.25) is 5.91 Å². The van der Waals surface area contributed by atoms with Crippen LogP contribution in [0, 0.1) is 5.92 Å². The van der Waals surface area contributed by atoms with Gasteiger partial charge in [-0.1, -0.05) is 37.0 Å². The second-order valence-corrected chi connectivity index (χ2v) is 6.14. The summed E-state index contributed by atoms with van der Waals surface area (Å²) in [5.41, 5.74) is 6.58. The molecule has 1 aromatic carbocycles. The third-order valence-electron chi connectivity index (χ3n) is 3.40. The Balaban J connectivity index is 2.73. The largest absolute Gasteiger partial charge is 0.397 e. The van der Waals surface area contributed by atoms with E-state index >= 15 is 0 Å². The Labute approximate surface area is 130 Å². The molecule has 1 aromatic rings. The number of hydrogen-bond donors (Lipinski definition) is 2. The van der Waals surface area contributed by atoms with Gasteiger partial charge in [0.25, 0.3) is 0 Å². The number of nitrogens with one attached hydrogen (secondary N) is 1. The van der Waals surface area contributed by atoms with Crippen LogP contribution in [0.4, 0.5) is 11.4 Å². The van der Waals surface area contributed by atoms with Gasteiger partial charge in [0, 0.05) is 11.1 Å². The molecular formula is C14H21Cl2N3O. The zero-order valence-corrected chi connectivity index (χ0v) is 13.7. The number of benzene rings is 1. The summed E-state index contributed by atoms with van der Waals surface area (Å²) < 4.78 is 0. The molecule has 0 radical (unpaired) electrons. The number of carbonyl (C=O) groups excluding carboxylic acids is 1. The van der Waals surface area contributed by atoms with Crippen LogP contribution >= 0.6 is 23.2 Å². The van der Waals surface area contributed by atoms with Crippen molar-refractivity contribution in [3.05, 3.63) is 22.2 Å². The summed E-state index contributed by atoms with van der Waals surface area (Å²) in [5.74, 6) is 0.313. The van der Waals surface area contributed by atoms with Gasteiger partial charge in [0.15, 0.2) is 0 Å². The van der Waals surface area contributed by atoms with Crippen molar-refractivity contribution in [2.75, 3.05) is 24.6 Å². The Hall–Kier alpha value is -0.970. The van der Waals surface area contributed by atoms with E-state index < -0.39 is 0 Å². The molecule has 0 saturated heterocycles. The lowest BCUT2D eigenvalue weighted by atomic mass is 10.1. The summed E-state index contributed by atoms with van der Waals surface area (Å²) in [4.78, 5) is 14.0. The lowest BCUT2D eigenvalue weighted by Gasteiger charge is -2.27. The Kier molecular flexibility index (Phi) is 6.11. The van der Waals surface area contributed by atoms with Crippen molar-refractivity contribution in [2.45, 2.75) is 26.8 Å². The zero-order valence-electron chi connectivity index (χ0n) is 12.2. The molecule has 0 heterocycles. The van der Waals surface area contributed by atoms with E-state index in [-0.39, 0.29) is 12.5 Å². The molecule has 0 aliphatic carbocycles. The van der Waals surface area contributed by atoms with E-state index in [1.807, 2.05) is 11.9 Å². The Morgan fingerprint density at radius 2 is 1.95 bits per heavy atom. The van der Waals surface area contributed by atoms with E-state index in [2.05, 4.69) is 26.1 Å². The first kappa shape index (κ1) is 17.1. The molecule has 1 atom stereocenters. The maximum absolute atomic E-state index is 12.0. The summed E-state index contributed by atoms with van der Waals surface area (Å²) in [6.45, 7) is 6.60. The van der Waals surface area contributed by atoms with Crippen molar-refractivity contribution >= 4 is 40.5 Å². The van der Waals surface area contributed by atoms with E-state index in [4.69, 9.17) is 28.9 Å². The van der Waals surface area contributed by atoms with Crippen molar-refractivity contribution in [2.24, 2.45) is 5.92 Å². The average Bonchev–Trinajstić information content (AvgIpc) is 2.32. The van der Waals surface area contributed by atoms with Gasteiger partial charge in [0.1, 0.15) is 0 Å². The summed E-state index contributed by atoms with van der Waals surface area (Å²) in [6.07, 6.45) is 0. The van der Waals surface area contributed by atoms with Gasteiger partial charge in [0.05, 0.1) is 22.9 Å². The van der Waals surface area contributed by atoms with Crippen LogP contribution in [0.2, 0.25) is 10.0 Å². The minimum Gasteiger partial charge on any atom is -0.397 e. The number of likely N-dealkylation sites (N-methyl/N-ethyl adjacent to an activating group) is 1. The molecule has 1 unspecified atom stereocenters. The van der Waals surface area contributed by atoms with Crippen LogP contribution in [0.1, 0.15) is 20.8 Å². The van der Waals surface area contributed by atoms with Gasteiger partial charge < -0.3 is 11.1 Å². The first-order valence-electron chi connectivity index (χ1n) is 6.47. The highest BCUT2D eigenvalue weighted by Gasteiger charge is 2.17. The maximum Gasteiger partial charge on any atom is 0.238 e. The zero-order chi connectivity index (χ0) is 15.4. The number of hydrogen-bond acceptors (Lipinski definition) is 3. The van der Waals surface area contributed by atoms with Gasteiger partial charge in [-0.05, 0) is 32.0 Å². The number of nitrogens with zero attached hydrogens (tertiary/aromatic N) is 1. The second kappa shape index (κ2) is 7.16. The molecule has 0 aliphatic heterocycles. The van der Waals surface area contributed by atoms with Crippen molar-refractivity contribution in [1.29, 1.82) is 0 Å². The van der Waals surface area contributed by atoms with E-state index in [0.717, 1.165) is 0 Å². The highest BCUT2D eigenvalue weighted by Crippen LogP contribution is 2.31. The minimum atomic E-state index is -0.157. The second-order valence-electron chi connectivity index (χ2n) is 5.30. The molecule has 0 fully saturated rings. The number of halogens is 2. The SMILES string of the molecule is CC(C)C(C)N(C)CC(=O)Nc1c(N)cc(Cl)cc1Cl. The highest BCUT2D eigenvalue weighted by molar-refractivity contribution is 6.37. The predicted octanol–water partition coefficient (Wildman–Crippen LogP) is 3.49. The Morgan fingerprint density at radius 3 is 2.45 bits per heavy atom. The van der Waals surface area contributed by atoms with Gasteiger partial charge in [-0.25, -0.2) is 0 Å². The van der Waals surface area contributed by atoms with Crippen molar-refractivity contribution in [3.63, 3.8) is 0 Å². The fourth-order valence-corrected chi connectivity index (χ4v) is 2.34. The van der Waals surface area contributed by atoms with Gasteiger partial charge in [-0.2, -0.15) is 0 Å². The molecule has 1 rings (SSSR count). The molecule has 0 saturated carbocycles. The quantitative estimate of drug-likeness (QED) is 0.817. The molecule has 0 aromatic heterocycles. The lowest BCUT2D eigenvalue weighted by Crippen LogP contribution is -2.39. The van der Waals surface area contributed by atoms with Crippen LogP contribution in [0.15, 0.2) is 12.1 Å². The molecular weight excluding hydrogens is 297 g/mol. The topological polar surface area (TPSA) is 58.4 Å². The van der Waals surface area contributed by atoms with Crippen LogP contribution in [-0.4, -0.2) is 30.4 Å². The van der Waals surface area contributed by atoms with E-state index in [0.29, 0.717) is 33.4 Å². The van der Waals surface area contributed by atoms with Crippen LogP contribution < -0.4 is 11.1 Å². The van der Waals surface area contributed by atoms with Crippen molar-refractivity contribution < 1.29 is 4.79 Å². The number of anilines is 2. The lowest BCUT2D eigenvalue weighted by molar-refractivity contribution is -0.117. The third-order valence-corrected chi connectivity index (χ3v) is 3.92. The normalized spacial score (nSPS) is 12.8. The van der Waals surface area contributed by atoms with Crippen LogP contribution in [-0.2, 0) is 4.79 Å². The number of nitrogens with two attached hydrogens (primary N) is 1. The first-order valence-corrected chi connectivity index (χ1v) is 7.22. The molecule has 6 heteroatoms. The van der Waals surface area contributed by atoms with Gasteiger partial charge >= 0.3 is 0 Å². The molecule has 0 bridgehead atoms. The van der Waals surface area contributed by atoms with Crippen molar-refractivity contribution in [3.8, 4) is 0 Å². The van der Waals surface area contributed by atoms with Gasteiger partial charge in [-0.3, -0.25) is 9.69 Å². The molecule has 1 amide bonds. The predicted molar refractivity (Wildman–Crippen MR) is 86.4 cm³/mol. The highest BCUT2D eigenvalue weighted by atomic mass is 35.5. The summed E-state index contributed by atoms with van der Waals surface area (Å²) >= 11 is 11.9. The van der Waals surface area contributed by atoms with Crippen LogP contribution in [0.3, 0.4) is 0 Å². The Morgan fingerprint density at radius 1 is 1.35 bits per heavy atom. The maximum atomic E-state index is 12.0. The summed E-state index contributed by atoms with van der Waals surface area (Å²) in [6, 6.07) is 3.41. The van der Waals surface area contributed by atoms with Crippen molar-refractivity contribution in [1.82, 2.24) is 4.90 Å². The monoisotopic (exact) mass is 317 g/mol. The summed E-state index contributed by atoms with van der Waals surface area (Å²) in [5, 5.41) is 3.51. The van der Waals surface area contributed by atoms with E-state index in [1.165, 1.54) is 0 Å². The summed E-state index contributed by atoms with van der Waals surface area (Å²) in [7, 11) is 1.91. The number of nitrogen functional groups attached to an aromatic ring is 1. The number of rotatable bonds is 5. The van der Waals surface area contributed by atoms with E-state index in [9.17, 15) is 4.79 Å². The molecule has 112 valence electrons. The fourth-order valence-electron chi connectivity index (χ4n) is 1.78. The average molecular weight is 318 g/mol. The van der Waals surface area contributed by atoms with Crippen LogP contribution in [0.25, 0.3) is 0 Å². The standard InChI is InChI=1S/C14H21Cl2N3O/c1-8(2)9(3)19(4)7-13(20)18-14-11(16)5-10(15)6-12(14)17/h5-6,8-9H,7,17H2,1-4H3,(H,18,20). The molecule has 3 N–H and O–H groups in total. The molecule has 0 aliphatic rings. The third kappa shape index (κ3) is 4.54. The number of amides is 1. The smallest absolute Gasteiger partial charge is 0.238 e. The van der Waals surface area contributed by atoms with E-state index in [1.54, 1.807) is 12.1 Å². The fraction of sp³-hybridized carbons (Fsp3) is 0.500. The number of carbonyl (C=O) groups is 1. The molecule has 20 heavy (non-hydrogen) atoms. The minimum absolute atomic E-state index is 0.157. The van der Waals surface area contributed by atoms with Gasteiger partial charge in [-0.15, -0.1) is 0 Å². The Bertz CT molecular complexity index is 468. The van der Waals surface area contributed by atoms with Crippen LogP contribution in [0.5, 0.6) is 0 Å². The molecule has 0 spiro atoms. The first-order chi connectivity index (χ1) is 9.22.